The van der Waals surface area contributed by atoms with Gasteiger partial charge in [0, 0.05) is 4.47 Å². The average Bonchev–Trinajstić information content (AvgIpc) is 2.64. The molecule has 0 unspecified atom stereocenters. The van der Waals surface area contributed by atoms with Crippen LogP contribution in [-0.4, -0.2) is 22.8 Å². The Morgan fingerprint density at radius 3 is 2.69 bits per heavy atom. The Morgan fingerprint density at radius 1 is 1.27 bits per heavy atom. The highest BCUT2D eigenvalue weighted by molar-refractivity contribution is 9.10. The SMILES string of the molecule is CCOC(=O)C1=C(c2ccccc2)NC(=S)N[C@H]1c1cc(O)ccc1Br. The average molecular weight is 433 g/mol. The molecule has 2 aromatic rings. The first-order chi connectivity index (χ1) is 12.5. The van der Waals surface area contributed by atoms with Crippen LogP contribution in [0.25, 0.3) is 5.70 Å². The molecule has 0 amide bonds. The van der Waals surface area contributed by atoms with Gasteiger partial charge in [-0.2, -0.15) is 0 Å². The summed E-state index contributed by atoms with van der Waals surface area (Å²) in [4.78, 5) is 12.8. The van der Waals surface area contributed by atoms with E-state index in [1.54, 1.807) is 25.1 Å². The van der Waals surface area contributed by atoms with Gasteiger partial charge < -0.3 is 20.5 Å². The number of phenols is 1. The topological polar surface area (TPSA) is 70.6 Å². The molecule has 0 radical (unpaired) electrons. The zero-order valence-corrected chi connectivity index (χ0v) is 16.4. The number of phenolic OH excluding ortho intramolecular Hbond substituents is 1. The van der Waals surface area contributed by atoms with E-state index in [-0.39, 0.29) is 12.4 Å². The van der Waals surface area contributed by atoms with Gasteiger partial charge in [-0.3, -0.25) is 0 Å². The monoisotopic (exact) mass is 432 g/mol. The molecule has 0 fully saturated rings. The normalized spacial score (nSPS) is 16.7. The minimum atomic E-state index is -0.570. The Morgan fingerprint density at radius 2 is 2.00 bits per heavy atom. The van der Waals surface area contributed by atoms with Gasteiger partial charge in [0.2, 0.25) is 0 Å². The lowest BCUT2D eigenvalue weighted by Crippen LogP contribution is -2.45. The molecule has 3 N–H and O–H groups in total. The molecule has 134 valence electrons. The minimum absolute atomic E-state index is 0.0962. The fourth-order valence-electron chi connectivity index (χ4n) is 2.81. The van der Waals surface area contributed by atoms with Crippen LogP contribution in [0.5, 0.6) is 5.75 Å². The highest BCUT2D eigenvalue weighted by Crippen LogP contribution is 2.36. The molecule has 0 bridgehead atoms. The molecule has 0 aliphatic carbocycles. The second kappa shape index (κ2) is 7.88. The molecule has 26 heavy (non-hydrogen) atoms. The molecule has 1 aliphatic heterocycles. The van der Waals surface area contributed by atoms with Crippen LogP contribution in [0, 0.1) is 0 Å². The van der Waals surface area contributed by atoms with Crippen molar-refractivity contribution in [2.45, 2.75) is 13.0 Å². The number of thiocarbonyl (C=S) groups is 1. The van der Waals surface area contributed by atoms with E-state index in [9.17, 15) is 9.90 Å². The molecule has 0 spiro atoms. The molecule has 3 rings (SSSR count). The number of carbonyl (C=O) groups excluding carboxylic acids is 1. The van der Waals surface area contributed by atoms with Gasteiger partial charge in [0.25, 0.3) is 0 Å². The zero-order chi connectivity index (χ0) is 18.7. The van der Waals surface area contributed by atoms with E-state index in [1.807, 2.05) is 30.3 Å². The molecule has 1 aliphatic rings. The van der Waals surface area contributed by atoms with Crippen molar-refractivity contribution in [1.29, 1.82) is 0 Å². The Balaban J connectivity index is 2.22. The minimum Gasteiger partial charge on any atom is -0.508 e. The summed E-state index contributed by atoms with van der Waals surface area (Å²) in [6.45, 7) is 2.01. The molecular weight excluding hydrogens is 416 g/mol. The van der Waals surface area contributed by atoms with Gasteiger partial charge in [0.15, 0.2) is 5.11 Å². The molecular formula is C19H17BrN2O3S. The third kappa shape index (κ3) is 3.73. The molecule has 0 aromatic heterocycles. The Hall–Kier alpha value is -2.38. The van der Waals surface area contributed by atoms with Crippen LogP contribution < -0.4 is 10.6 Å². The number of carbonyl (C=O) groups is 1. The molecule has 2 aromatic carbocycles. The van der Waals surface area contributed by atoms with Crippen molar-refractivity contribution in [1.82, 2.24) is 10.6 Å². The van der Waals surface area contributed by atoms with Crippen LogP contribution in [0.4, 0.5) is 0 Å². The van der Waals surface area contributed by atoms with Crippen LogP contribution >= 0.6 is 28.1 Å². The fraction of sp³-hybridized carbons (Fsp3) is 0.158. The van der Waals surface area contributed by atoms with Gasteiger partial charge in [-0.05, 0) is 48.5 Å². The second-order valence-corrected chi connectivity index (χ2v) is 6.88. The first kappa shape index (κ1) is 18.4. The largest absolute Gasteiger partial charge is 0.508 e. The summed E-state index contributed by atoms with van der Waals surface area (Å²) in [6.07, 6.45) is 0. The maximum atomic E-state index is 12.8. The summed E-state index contributed by atoms with van der Waals surface area (Å²) in [6, 6.07) is 13.8. The second-order valence-electron chi connectivity index (χ2n) is 5.61. The Labute approximate surface area is 165 Å². The van der Waals surface area contributed by atoms with Gasteiger partial charge in [0.1, 0.15) is 5.75 Å². The predicted octanol–water partition coefficient (Wildman–Crippen LogP) is 3.65. The molecule has 0 saturated heterocycles. The standard InChI is InChI=1S/C19H17BrN2O3S/c1-2-25-18(24)15-16(11-6-4-3-5-7-11)21-19(26)22-17(15)13-10-12(23)8-9-14(13)20/h3-10,17,23H,2H2,1H3,(H2,21,22,26)/t17-/m0/s1. The summed E-state index contributed by atoms with van der Waals surface area (Å²) >= 11 is 8.84. The van der Waals surface area contributed by atoms with Gasteiger partial charge in [0.05, 0.1) is 23.9 Å². The van der Waals surface area contributed by atoms with E-state index in [0.717, 1.165) is 10.0 Å². The first-order valence-corrected chi connectivity index (χ1v) is 9.24. The van der Waals surface area contributed by atoms with Crippen molar-refractivity contribution in [3.63, 3.8) is 0 Å². The van der Waals surface area contributed by atoms with Gasteiger partial charge in [-0.15, -0.1) is 0 Å². The van der Waals surface area contributed by atoms with Crippen molar-refractivity contribution >= 4 is 44.9 Å². The third-order valence-corrected chi connectivity index (χ3v) is 4.86. The summed E-state index contributed by atoms with van der Waals surface area (Å²) in [7, 11) is 0. The highest BCUT2D eigenvalue weighted by Gasteiger charge is 2.34. The van der Waals surface area contributed by atoms with Crippen LogP contribution in [0.3, 0.4) is 0 Å². The van der Waals surface area contributed by atoms with E-state index in [0.29, 0.717) is 21.9 Å². The number of rotatable bonds is 4. The molecule has 1 heterocycles. The molecule has 7 heteroatoms. The smallest absolute Gasteiger partial charge is 0.338 e. The van der Waals surface area contributed by atoms with Gasteiger partial charge in [-0.1, -0.05) is 46.3 Å². The number of hydrogen-bond acceptors (Lipinski definition) is 4. The van der Waals surface area contributed by atoms with Crippen molar-refractivity contribution < 1.29 is 14.6 Å². The number of esters is 1. The number of aromatic hydroxyl groups is 1. The predicted molar refractivity (Wildman–Crippen MR) is 107 cm³/mol. The highest BCUT2D eigenvalue weighted by atomic mass is 79.9. The Bertz CT molecular complexity index is 884. The van der Waals surface area contributed by atoms with Crippen molar-refractivity contribution in [3.8, 4) is 5.75 Å². The fourth-order valence-corrected chi connectivity index (χ4v) is 3.51. The molecule has 1 atom stereocenters. The number of ether oxygens (including phenoxy) is 1. The van der Waals surface area contributed by atoms with Crippen molar-refractivity contribution in [2.75, 3.05) is 6.61 Å². The van der Waals surface area contributed by atoms with E-state index >= 15 is 0 Å². The number of benzene rings is 2. The van der Waals surface area contributed by atoms with Gasteiger partial charge >= 0.3 is 5.97 Å². The van der Waals surface area contributed by atoms with Crippen molar-refractivity contribution in [2.24, 2.45) is 0 Å². The quantitative estimate of drug-likeness (QED) is 0.505. The zero-order valence-electron chi connectivity index (χ0n) is 14.0. The first-order valence-electron chi connectivity index (χ1n) is 8.04. The molecule has 5 nitrogen and oxygen atoms in total. The lowest BCUT2D eigenvalue weighted by molar-refractivity contribution is -0.138. The number of halogens is 1. The van der Waals surface area contributed by atoms with Crippen molar-refractivity contribution in [3.05, 3.63) is 69.7 Å². The number of nitrogens with one attached hydrogen (secondary N) is 2. The summed E-state index contributed by atoms with van der Waals surface area (Å²) in [5.41, 5.74) is 2.50. The van der Waals surface area contributed by atoms with Crippen LogP contribution in [-0.2, 0) is 9.53 Å². The van der Waals surface area contributed by atoms with E-state index < -0.39 is 12.0 Å². The number of hydrogen-bond donors (Lipinski definition) is 3. The maximum Gasteiger partial charge on any atom is 0.338 e. The van der Waals surface area contributed by atoms with E-state index in [4.69, 9.17) is 17.0 Å². The Kier molecular flexibility index (Phi) is 5.58. The summed E-state index contributed by atoms with van der Waals surface area (Å²) in [5, 5.41) is 16.5. The molecule has 0 saturated carbocycles. The summed E-state index contributed by atoms with van der Waals surface area (Å²) < 4.78 is 6.03. The maximum absolute atomic E-state index is 12.8. The lowest BCUT2D eigenvalue weighted by atomic mass is 9.92. The van der Waals surface area contributed by atoms with E-state index in [2.05, 4.69) is 26.6 Å². The van der Waals surface area contributed by atoms with Crippen LogP contribution in [0.15, 0.2) is 58.6 Å². The van der Waals surface area contributed by atoms with Crippen LogP contribution in [0.1, 0.15) is 24.1 Å². The third-order valence-electron chi connectivity index (χ3n) is 3.92. The summed E-state index contributed by atoms with van der Waals surface area (Å²) in [5.74, 6) is -0.354. The van der Waals surface area contributed by atoms with Crippen LogP contribution in [0.2, 0.25) is 0 Å². The van der Waals surface area contributed by atoms with E-state index in [1.165, 1.54) is 0 Å². The van der Waals surface area contributed by atoms with Gasteiger partial charge in [-0.25, -0.2) is 4.79 Å². The lowest BCUT2D eigenvalue weighted by Gasteiger charge is -2.31.